The van der Waals surface area contributed by atoms with Gasteiger partial charge in [0.15, 0.2) is 12.6 Å². The zero-order valence-electron chi connectivity index (χ0n) is 15.0. The first kappa shape index (κ1) is 18.1. The van der Waals surface area contributed by atoms with Crippen molar-refractivity contribution in [1.29, 1.82) is 0 Å². The number of rotatable bonds is 4. The molecule has 2 aliphatic rings. The zero-order valence-corrected chi connectivity index (χ0v) is 15.0. The van der Waals surface area contributed by atoms with Gasteiger partial charge >= 0.3 is 5.97 Å². The lowest BCUT2D eigenvalue weighted by Crippen LogP contribution is -2.18. The predicted octanol–water partition coefficient (Wildman–Crippen LogP) is 3.78. The summed E-state index contributed by atoms with van der Waals surface area (Å²) < 4.78 is 27.7. The van der Waals surface area contributed by atoms with Gasteiger partial charge in [-0.25, -0.2) is 4.79 Å². The summed E-state index contributed by atoms with van der Waals surface area (Å²) in [6.07, 6.45) is 1.10. The van der Waals surface area contributed by atoms with Crippen LogP contribution >= 0.6 is 0 Å². The lowest BCUT2D eigenvalue weighted by molar-refractivity contribution is -0.183. The van der Waals surface area contributed by atoms with E-state index in [0.717, 1.165) is 24.0 Å². The summed E-state index contributed by atoms with van der Waals surface area (Å²) in [7, 11) is 0. The van der Waals surface area contributed by atoms with Gasteiger partial charge in [-0.2, -0.15) is 0 Å². The van der Waals surface area contributed by atoms with Gasteiger partial charge < -0.3 is 23.7 Å². The fourth-order valence-electron chi connectivity index (χ4n) is 3.00. The average Bonchev–Trinajstić information content (AvgIpc) is 2.76. The minimum Gasteiger partial charge on any atom is -0.423 e. The van der Waals surface area contributed by atoms with Gasteiger partial charge in [0.05, 0.1) is 32.0 Å². The lowest BCUT2D eigenvalue weighted by atomic mass is 10.1. The van der Waals surface area contributed by atoms with Crippen LogP contribution in [0.4, 0.5) is 0 Å². The van der Waals surface area contributed by atoms with Crippen molar-refractivity contribution in [2.45, 2.75) is 25.4 Å². The average molecular weight is 370 g/mol. The molecular formula is C21H22O6. The largest absolute Gasteiger partial charge is 0.423 e. The van der Waals surface area contributed by atoms with Crippen molar-refractivity contribution >= 4 is 5.97 Å². The Morgan fingerprint density at radius 1 is 0.704 bits per heavy atom. The summed E-state index contributed by atoms with van der Waals surface area (Å²) in [5.74, 6) is 0.0625. The molecule has 2 heterocycles. The smallest absolute Gasteiger partial charge is 0.343 e. The molecule has 2 aromatic carbocycles. The van der Waals surface area contributed by atoms with Gasteiger partial charge in [-0.05, 0) is 37.1 Å². The van der Waals surface area contributed by atoms with Gasteiger partial charge in [-0.3, -0.25) is 0 Å². The topological polar surface area (TPSA) is 63.2 Å². The molecule has 0 saturated carbocycles. The van der Waals surface area contributed by atoms with Gasteiger partial charge in [0, 0.05) is 11.1 Å². The van der Waals surface area contributed by atoms with Gasteiger partial charge in [0.2, 0.25) is 0 Å². The molecular weight excluding hydrogens is 348 g/mol. The van der Waals surface area contributed by atoms with Crippen molar-refractivity contribution in [3.63, 3.8) is 0 Å². The first-order valence-electron chi connectivity index (χ1n) is 9.18. The van der Waals surface area contributed by atoms with Gasteiger partial charge in [0.1, 0.15) is 5.75 Å². The van der Waals surface area contributed by atoms with E-state index in [4.69, 9.17) is 23.7 Å². The quantitative estimate of drug-likeness (QED) is 0.603. The van der Waals surface area contributed by atoms with E-state index in [9.17, 15) is 4.79 Å². The number of carbonyl (C=O) groups is 1. The van der Waals surface area contributed by atoms with Crippen molar-refractivity contribution in [1.82, 2.24) is 0 Å². The van der Waals surface area contributed by atoms with Crippen molar-refractivity contribution in [3.8, 4) is 5.75 Å². The second kappa shape index (κ2) is 8.63. The molecule has 0 unspecified atom stereocenters. The monoisotopic (exact) mass is 370 g/mol. The Hall–Kier alpha value is -2.25. The molecule has 0 bridgehead atoms. The van der Waals surface area contributed by atoms with Crippen LogP contribution in [0.25, 0.3) is 0 Å². The third-order valence-corrected chi connectivity index (χ3v) is 4.44. The molecule has 0 aliphatic carbocycles. The van der Waals surface area contributed by atoms with E-state index in [1.807, 2.05) is 24.3 Å². The third kappa shape index (κ3) is 4.54. The fraction of sp³-hybridized carbons (Fsp3) is 0.381. The molecule has 0 N–H and O–H groups in total. The Morgan fingerprint density at radius 2 is 1.15 bits per heavy atom. The summed E-state index contributed by atoms with van der Waals surface area (Å²) >= 11 is 0. The molecule has 2 aromatic rings. The van der Waals surface area contributed by atoms with Crippen LogP contribution in [0.5, 0.6) is 5.75 Å². The number of benzene rings is 2. The van der Waals surface area contributed by atoms with E-state index in [0.29, 0.717) is 37.7 Å². The summed E-state index contributed by atoms with van der Waals surface area (Å²) in [5, 5.41) is 0. The van der Waals surface area contributed by atoms with Crippen LogP contribution in [0.1, 0.15) is 46.9 Å². The molecule has 2 aliphatic heterocycles. The summed E-state index contributed by atoms with van der Waals surface area (Å²) in [6.45, 7) is 2.74. The van der Waals surface area contributed by atoms with Crippen molar-refractivity contribution in [2.24, 2.45) is 0 Å². The normalized spacial score (nSPS) is 19.0. The van der Waals surface area contributed by atoms with Crippen molar-refractivity contribution in [3.05, 3.63) is 65.2 Å². The molecule has 0 radical (unpaired) electrons. The number of hydrogen-bond acceptors (Lipinski definition) is 6. The Morgan fingerprint density at radius 3 is 1.63 bits per heavy atom. The Labute approximate surface area is 157 Å². The molecule has 27 heavy (non-hydrogen) atoms. The second-order valence-corrected chi connectivity index (χ2v) is 6.43. The Bertz CT molecular complexity index is 743. The minimum atomic E-state index is -0.412. The number of carbonyl (C=O) groups excluding carboxylic acids is 1. The van der Waals surface area contributed by atoms with Crippen molar-refractivity contribution < 1.29 is 28.5 Å². The number of hydrogen-bond donors (Lipinski definition) is 0. The van der Waals surface area contributed by atoms with Crippen LogP contribution in [0.15, 0.2) is 48.5 Å². The molecule has 2 saturated heterocycles. The van der Waals surface area contributed by atoms with Gasteiger partial charge in [-0.1, -0.05) is 24.3 Å². The Kier molecular flexibility index (Phi) is 5.79. The molecule has 0 atom stereocenters. The van der Waals surface area contributed by atoms with Gasteiger partial charge in [0.25, 0.3) is 0 Å². The van der Waals surface area contributed by atoms with Crippen LogP contribution < -0.4 is 4.74 Å². The minimum absolute atomic E-state index is 0.347. The first-order chi connectivity index (χ1) is 13.3. The summed E-state index contributed by atoms with van der Waals surface area (Å²) in [5.41, 5.74) is 2.27. The van der Waals surface area contributed by atoms with Gasteiger partial charge in [-0.15, -0.1) is 0 Å². The summed E-state index contributed by atoms with van der Waals surface area (Å²) in [4.78, 5) is 12.4. The maximum atomic E-state index is 12.4. The third-order valence-electron chi connectivity index (χ3n) is 4.44. The van der Waals surface area contributed by atoms with E-state index >= 15 is 0 Å². The lowest BCUT2D eigenvalue weighted by Gasteiger charge is -2.23. The molecule has 142 valence electrons. The second-order valence-electron chi connectivity index (χ2n) is 6.43. The van der Waals surface area contributed by atoms with E-state index in [2.05, 4.69) is 0 Å². The van der Waals surface area contributed by atoms with Crippen LogP contribution in [-0.2, 0) is 18.9 Å². The maximum absolute atomic E-state index is 12.4. The van der Waals surface area contributed by atoms with Crippen molar-refractivity contribution in [2.75, 3.05) is 26.4 Å². The molecule has 6 nitrogen and oxygen atoms in total. The van der Waals surface area contributed by atoms with Crippen LogP contribution in [0, 0.1) is 0 Å². The highest BCUT2D eigenvalue weighted by molar-refractivity contribution is 5.91. The molecule has 0 amide bonds. The summed E-state index contributed by atoms with van der Waals surface area (Å²) in [6, 6.07) is 14.3. The molecule has 0 aromatic heterocycles. The first-order valence-corrected chi connectivity index (χ1v) is 9.18. The number of esters is 1. The highest BCUT2D eigenvalue weighted by Gasteiger charge is 2.18. The van der Waals surface area contributed by atoms with E-state index in [-0.39, 0.29) is 12.6 Å². The van der Waals surface area contributed by atoms with E-state index in [1.54, 1.807) is 24.3 Å². The maximum Gasteiger partial charge on any atom is 0.343 e. The van der Waals surface area contributed by atoms with Crippen LogP contribution in [0.2, 0.25) is 0 Å². The van der Waals surface area contributed by atoms with E-state index in [1.165, 1.54) is 0 Å². The zero-order chi connectivity index (χ0) is 18.5. The molecule has 6 heteroatoms. The van der Waals surface area contributed by atoms with E-state index < -0.39 is 5.97 Å². The highest BCUT2D eigenvalue weighted by Crippen LogP contribution is 2.26. The Balaban J connectivity index is 1.36. The molecule has 0 spiro atoms. The van der Waals surface area contributed by atoms with Crippen LogP contribution in [-0.4, -0.2) is 32.4 Å². The fourth-order valence-corrected chi connectivity index (χ4v) is 3.00. The molecule has 2 fully saturated rings. The number of ether oxygens (including phenoxy) is 5. The molecule has 4 rings (SSSR count). The van der Waals surface area contributed by atoms with Crippen LogP contribution in [0.3, 0.4) is 0 Å². The SMILES string of the molecule is O=C(Oc1ccc(C2OCCCO2)cc1)c1ccc(C2OCCCO2)cc1. The highest BCUT2D eigenvalue weighted by atomic mass is 16.7. The standard InChI is InChI=1S/C21H22O6/c22-19(15-3-5-16(6-4-15)20-23-11-1-12-24-20)27-18-9-7-17(8-10-18)21-25-13-2-14-26-21/h3-10,20-21H,1-2,11-14H2. The predicted molar refractivity (Wildman–Crippen MR) is 96.4 cm³/mol.